The Balaban J connectivity index is 3.64. The van der Waals surface area contributed by atoms with E-state index < -0.39 is 11.9 Å². The highest BCUT2D eigenvalue weighted by atomic mass is 16.5. The molecule has 0 bridgehead atoms. The number of hydrogen-bond donors (Lipinski definition) is 0. The van der Waals surface area contributed by atoms with Gasteiger partial charge in [0.05, 0.1) is 13.7 Å². The minimum Gasteiger partial charge on any atom is -0.466 e. The first kappa shape index (κ1) is 15.6. The summed E-state index contributed by atoms with van der Waals surface area (Å²) in [4.78, 5) is 24.1. The average molecular weight is 243 g/mol. The van der Waals surface area contributed by atoms with E-state index in [1.54, 1.807) is 0 Å². The largest absolute Gasteiger partial charge is 0.466 e. The van der Waals surface area contributed by atoms with E-state index in [0.717, 1.165) is 38.2 Å². The molecule has 0 aromatic carbocycles. The van der Waals surface area contributed by atoms with Crippen LogP contribution in [0.5, 0.6) is 0 Å². The van der Waals surface area contributed by atoms with Gasteiger partial charge in [0.25, 0.3) is 0 Å². The average Bonchev–Trinajstić information content (AvgIpc) is 2.36. The van der Waals surface area contributed by atoms with Crippen molar-refractivity contribution < 1.29 is 19.1 Å². The van der Waals surface area contributed by atoms with Crippen molar-refractivity contribution in [1.82, 2.24) is 4.90 Å². The Morgan fingerprint density at radius 1 is 1.12 bits per heavy atom. The Morgan fingerprint density at radius 2 is 1.71 bits per heavy atom. The molecule has 0 fully saturated rings. The van der Waals surface area contributed by atoms with Crippen molar-refractivity contribution in [3.63, 3.8) is 0 Å². The summed E-state index contributed by atoms with van der Waals surface area (Å²) in [7, 11) is 1.25. The molecule has 0 atom stereocenters. The van der Waals surface area contributed by atoms with E-state index >= 15 is 0 Å². The fraction of sp³-hybridized carbons (Fsp3) is 0.667. The number of nitrogens with zero attached hydrogens (tertiary/aromatic N) is 1. The molecule has 0 radical (unpaired) electrons. The Labute approximate surface area is 102 Å². The van der Waals surface area contributed by atoms with Gasteiger partial charge in [-0.3, -0.25) is 0 Å². The van der Waals surface area contributed by atoms with Gasteiger partial charge in [0.1, 0.15) is 0 Å². The molecule has 0 heterocycles. The second-order valence-electron chi connectivity index (χ2n) is 3.40. The molecule has 0 saturated heterocycles. The van der Waals surface area contributed by atoms with Crippen LogP contribution in [0.15, 0.2) is 12.2 Å². The molecule has 0 N–H and O–H groups in total. The van der Waals surface area contributed by atoms with Crippen molar-refractivity contribution in [3.8, 4) is 0 Å². The van der Waals surface area contributed by atoms with Gasteiger partial charge in [0.2, 0.25) is 0 Å². The maximum absolute atomic E-state index is 11.1. The molecule has 0 aliphatic heterocycles. The molecule has 98 valence electrons. The van der Waals surface area contributed by atoms with Gasteiger partial charge in [0.15, 0.2) is 0 Å². The number of rotatable bonds is 8. The predicted octanol–water partition coefficient (Wildman–Crippen LogP) is 0.991. The molecule has 0 aliphatic rings. The summed E-state index contributed by atoms with van der Waals surface area (Å²) in [5, 5.41) is 0. The van der Waals surface area contributed by atoms with Crippen LogP contribution >= 0.6 is 0 Å². The van der Waals surface area contributed by atoms with Crippen LogP contribution in [0.25, 0.3) is 0 Å². The number of esters is 2. The molecule has 0 aromatic heterocycles. The minimum atomic E-state index is -0.565. The van der Waals surface area contributed by atoms with Gasteiger partial charge in [-0.2, -0.15) is 0 Å². The summed E-state index contributed by atoms with van der Waals surface area (Å²) in [5.41, 5.74) is 0. The highest BCUT2D eigenvalue weighted by molar-refractivity contribution is 5.91. The van der Waals surface area contributed by atoms with E-state index in [1.165, 1.54) is 7.11 Å². The zero-order valence-electron chi connectivity index (χ0n) is 10.8. The quantitative estimate of drug-likeness (QED) is 0.361. The lowest BCUT2D eigenvalue weighted by Gasteiger charge is -2.17. The van der Waals surface area contributed by atoms with Crippen molar-refractivity contribution in [3.05, 3.63) is 12.2 Å². The summed E-state index contributed by atoms with van der Waals surface area (Å²) in [6.45, 7) is 7.43. The van der Waals surface area contributed by atoms with Gasteiger partial charge >= 0.3 is 11.9 Å². The molecular weight excluding hydrogens is 222 g/mol. The van der Waals surface area contributed by atoms with Crippen LogP contribution in [0.4, 0.5) is 0 Å². The van der Waals surface area contributed by atoms with Gasteiger partial charge < -0.3 is 14.4 Å². The van der Waals surface area contributed by atoms with E-state index in [4.69, 9.17) is 4.74 Å². The van der Waals surface area contributed by atoms with Gasteiger partial charge in [-0.25, -0.2) is 9.59 Å². The maximum atomic E-state index is 11.1. The maximum Gasteiger partial charge on any atom is 0.331 e. The first-order valence-electron chi connectivity index (χ1n) is 5.79. The molecular formula is C12H21NO4. The topological polar surface area (TPSA) is 55.8 Å². The summed E-state index contributed by atoms with van der Waals surface area (Å²) < 4.78 is 9.26. The summed E-state index contributed by atoms with van der Waals surface area (Å²) in [5.74, 6) is -1.08. The van der Waals surface area contributed by atoms with Crippen LogP contribution in [0.3, 0.4) is 0 Å². The Kier molecular flexibility index (Phi) is 9.05. The smallest absolute Gasteiger partial charge is 0.331 e. The second kappa shape index (κ2) is 9.84. The zero-order valence-corrected chi connectivity index (χ0v) is 10.8. The lowest BCUT2D eigenvalue weighted by atomic mass is 10.4. The molecule has 0 amide bonds. The monoisotopic (exact) mass is 243 g/mol. The normalized spacial score (nSPS) is 10.8. The van der Waals surface area contributed by atoms with Crippen molar-refractivity contribution in [2.75, 3.05) is 33.4 Å². The summed E-state index contributed by atoms with van der Waals surface area (Å²) in [6.07, 6.45) is 2.91. The molecule has 0 spiro atoms. The van der Waals surface area contributed by atoms with Crippen molar-refractivity contribution in [2.24, 2.45) is 0 Å². The molecule has 5 nitrogen and oxygen atoms in total. The number of carbonyl (C=O) groups is 2. The highest BCUT2D eigenvalue weighted by Crippen LogP contribution is 1.92. The van der Waals surface area contributed by atoms with E-state index in [1.807, 2.05) is 0 Å². The van der Waals surface area contributed by atoms with Gasteiger partial charge in [0, 0.05) is 18.7 Å². The molecule has 0 saturated carbocycles. The van der Waals surface area contributed by atoms with Crippen LogP contribution in [0.1, 0.15) is 20.3 Å². The number of methoxy groups -OCH3 is 1. The van der Waals surface area contributed by atoms with Gasteiger partial charge in [-0.05, 0) is 19.5 Å². The van der Waals surface area contributed by atoms with Crippen LogP contribution < -0.4 is 0 Å². The van der Waals surface area contributed by atoms with E-state index in [0.29, 0.717) is 6.61 Å². The van der Waals surface area contributed by atoms with E-state index in [9.17, 15) is 9.59 Å². The van der Waals surface area contributed by atoms with Gasteiger partial charge in [-0.15, -0.1) is 0 Å². The predicted molar refractivity (Wildman–Crippen MR) is 64.5 cm³/mol. The van der Waals surface area contributed by atoms with Crippen LogP contribution in [-0.2, 0) is 19.1 Å². The van der Waals surface area contributed by atoms with Crippen LogP contribution in [-0.4, -0.2) is 50.2 Å². The molecule has 0 aromatic rings. The third-order valence-corrected chi connectivity index (χ3v) is 2.31. The third-order valence-electron chi connectivity index (χ3n) is 2.31. The van der Waals surface area contributed by atoms with Crippen molar-refractivity contribution in [2.45, 2.75) is 20.3 Å². The first-order valence-corrected chi connectivity index (χ1v) is 5.79. The second-order valence-corrected chi connectivity index (χ2v) is 3.40. The van der Waals surface area contributed by atoms with E-state index in [-0.39, 0.29) is 0 Å². The zero-order chi connectivity index (χ0) is 13.1. The number of ether oxygens (including phenoxy) is 2. The first-order chi connectivity index (χ1) is 8.13. The molecule has 17 heavy (non-hydrogen) atoms. The Bertz CT molecular complexity index is 259. The highest BCUT2D eigenvalue weighted by Gasteiger charge is 2.01. The molecule has 0 aliphatic carbocycles. The molecule has 0 unspecified atom stereocenters. The number of carbonyl (C=O) groups excluding carboxylic acids is 2. The lowest BCUT2D eigenvalue weighted by molar-refractivity contribution is -0.139. The minimum absolute atomic E-state index is 0.362. The number of hydrogen-bond acceptors (Lipinski definition) is 5. The molecule has 0 rings (SSSR count). The summed E-state index contributed by atoms with van der Waals surface area (Å²) >= 11 is 0. The lowest BCUT2D eigenvalue weighted by Crippen LogP contribution is -2.25. The Morgan fingerprint density at radius 3 is 2.24 bits per heavy atom. The van der Waals surface area contributed by atoms with Crippen molar-refractivity contribution in [1.29, 1.82) is 0 Å². The van der Waals surface area contributed by atoms with E-state index in [2.05, 4.69) is 23.5 Å². The van der Waals surface area contributed by atoms with Crippen LogP contribution in [0.2, 0.25) is 0 Å². The molecule has 5 heteroatoms. The third kappa shape index (κ3) is 8.45. The van der Waals surface area contributed by atoms with Crippen molar-refractivity contribution >= 4 is 11.9 Å². The fourth-order valence-corrected chi connectivity index (χ4v) is 1.25. The SMILES string of the molecule is CCN(CC)CCCOC(=O)/C=C/C(=O)OC. The van der Waals surface area contributed by atoms with Crippen LogP contribution in [0, 0.1) is 0 Å². The standard InChI is InChI=1S/C12H21NO4/c1-4-13(5-2)9-6-10-17-12(15)8-7-11(14)16-3/h7-8H,4-6,9-10H2,1-3H3/b8-7+. The summed E-state index contributed by atoms with van der Waals surface area (Å²) in [6, 6.07) is 0. The van der Waals surface area contributed by atoms with Gasteiger partial charge in [-0.1, -0.05) is 13.8 Å². The Hall–Kier alpha value is -1.36. The fourth-order valence-electron chi connectivity index (χ4n) is 1.25.